The first-order chi connectivity index (χ1) is 6.49. The Hall–Kier alpha value is -1.51. The average Bonchev–Trinajstić information content (AvgIpc) is 2.47. The number of hydrogen-bond donors (Lipinski definition) is 0. The van der Waals surface area contributed by atoms with Crippen LogP contribution in [0.1, 0.15) is 18.3 Å². The summed E-state index contributed by atoms with van der Waals surface area (Å²) in [5.74, 6) is 0. The third-order valence-corrected chi connectivity index (χ3v) is 1.71. The summed E-state index contributed by atoms with van der Waals surface area (Å²) in [6.45, 7) is 2.00. The minimum absolute atomic E-state index is 0.0586. The predicted octanol–water partition coefficient (Wildman–Crippen LogP) is 1.99. The zero-order valence-electron chi connectivity index (χ0n) is 7.47. The fraction of sp³-hybridized carbons (Fsp3) is 0.500. The van der Waals surface area contributed by atoms with Gasteiger partial charge in [-0.3, -0.25) is 4.68 Å². The molecule has 76 valence electrons. The molecule has 0 unspecified atom stereocenters. The normalized spacial score (nSPS) is 11.4. The summed E-state index contributed by atoms with van der Waals surface area (Å²) in [4.78, 5) is 0. The molecule has 0 aliphatic carbocycles. The Bertz CT molecular complexity index is 359. The Morgan fingerprint density at radius 2 is 2.21 bits per heavy atom. The molecule has 0 saturated carbocycles. The first-order valence-corrected chi connectivity index (χ1v) is 4.00. The summed E-state index contributed by atoms with van der Waals surface area (Å²) in [7, 11) is 0. The highest BCUT2D eigenvalue weighted by atomic mass is 19.4. The van der Waals surface area contributed by atoms with Gasteiger partial charge in [-0.1, -0.05) is 0 Å². The highest BCUT2D eigenvalue weighted by Gasteiger charge is 2.34. The number of aromatic nitrogens is 2. The van der Waals surface area contributed by atoms with E-state index in [4.69, 9.17) is 5.26 Å². The minimum Gasteiger partial charge on any atom is -0.268 e. The first-order valence-electron chi connectivity index (χ1n) is 4.00. The second-order valence-electron chi connectivity index (χ2n) is 2.67. The molecule has 0 aliphatic rings. The quantitative estimate of drug-likeness (QED) is 0.737. The number of halogens is 3. The van der Waals surface area contributed by atoms with E-state index < -0.39 is 11.9 Å². The fourth-order valence-corrected chi connectivity index (χ4v) is 1.09. The van der Waals surface area contributed by atoms with Crippen molar-refractivity contribution < 1.29 is 13.2 Å². The SMILES string of the molecule is CCn1nc(C(F)(F)F)cc1CC#N. The molecular weight excluding hydrogens is 195 g/mol. The van der Waals surface area contributed by atoms with Crippen LogP contribution in [0.15, 0.2) is 6.07 Å². The predicted molar refractivity (Wildman–Crippen MR) is 42.2 cm³/mol. The molecule has 0 spiro atoms. The van der Waals surface area contributed by atoms with Gasteiger partial charge in [-0.25, -0.2) is 0 Å². The summed E-state index contributed by atoms with van der Waals surface area (Å²) in [5, 5.41) is 11.7. The van der Waals surface area contributed by atoms with Crippen molar-refractivity contribution in [3.63, 3.8) is 0 Å². The summed E-state index contributed by atoms with van der Waals surface area (Å²) in [5.41, 5.74) is -0.646. The maximum Gasteiger partial charge on any atom is 0.435 e. The van der Waals surface area contributed by atoms with Crippen molar-refractivity contribution in [3.05, 3.63) is 17.5 Å². The maximum atomic E-state index is 12.2. The van der Waals surface area contributed by atoms with E-state index in [1.807, 2.05) is 0 Å². The van der Waals surface area contributed by atoms with Crippen molar-refractivity contribution in [2.75, 3.05) is 0 Å². The van der Waals surface area contributed by atoms with Crippen molar-refractivity contribution in [3.8, 4) is 6.07 Å². The molecule has 3 nitrogen and oxygen atoms in total. The second-order valence-corrected chi connectivity index (χ2v) is 2.67. The number of nitrogens with zero attached hydrogens (tertiary/aromatic N) is 3. The molecule has 0 aliphatic heterocycles. The van der Waals surface area contributed by atoms with Gasteiger partial charge in [-0.15, -0.1) is 0 Å². The molecule has 0 atom stereocenters. The van der Waals surface area contributed by atoms with E-state index in [0.717, 1.165) is 6.07 Å². The molecule has 0 N–H and O–H groups in total. The van der Waals surface area contributed by atoms with E-state index >= 15 is 0 Å². The van der Waals surface area contributed by atoms with Crippen molar-refractivity contribution >= 4 is 0 Å². The van der Waals surface area contributed by atoms with Crippen molar-refractivity contribution in [2.45, 2.75) is 26.1 Å². The van der Waals surface area contributed by atoms with E-state index in [-0.39, 0.29) is 6.42 Å². The largest absolute Gasteiger partial charge is 0.435 e. The lowest BCUT2D eigenvalue weighted by atomic mass is 10.3. The van der Waals surface area contributed by atoms with Crippen LogP contribution in [0.5, 0.6) is 0 Å². The lowest BCUT2D eigenvalue weighted by Crippen LogP contribution is -2.07. The van der Waals surface area contributed by atoms with Crippen LogP contribution in [0.4, 0.5) is 13.2 Å². The molecule has 0 fully saturated rings. The molecule has 0 amide bonds. The van der Waals surface area contributed by atoms with Gasteiger partial charge in [0.25, 0.3) is 0 Å². The molecule has 6 heteroatoms. The van der Waals surface area contributed by atoms with Crippen molar-refractivity contribution in [2.24, 2.45) is 0 Å². The maximum absolute atomic E-state index is 12.2. The van der Waals surface area contributed by atoms with E-state index in [1.165, 1.54) is 4.68 Å². The van der Waals surface area contributed by atoms with Gasteiger partial charge < -0.3 is 0 Å². The van der Waals surface area contributed by atoms with Gasteiger partial charge in [0.05, 0.1) is 18.2 Å². The van der Waals surface area contributed by atoms with Gasteiger partial charge in [0.15, 0.2) is 5.69 Å². The van der Waals surface area contributed by atoms with E-state index in [0.29, 0.717) is 12.2 Å². The van der Waals surface area contributed by atoms with Crippen LogP contribution >= 0.6 is 0 Å². The number of hydrogen-bond acceptors (Lipinski definition) is 2. The molecule has 1 heterocycles. The Morgan fingerprint density at radius 3 is 2.64 bits per heavy atom. The van der Waals surface area contributed by atoms with Crippen LogP contribution in [0.2, 0.25) is 0 Å². The monoisotopic (exact) mass is 203 g/mol. The van der Waals surface area contributed by atoms with Gasteiger partial charge in [-0.05, 0) is 13.0 Å². The Morgan fingerprint density at radius 1 is 1.57 bits per heavy atom. The summed E-state index contributed by atoms with van der Waals surface area (Å²) in [6.07, 6.45) is -4.50. The average molecular weight is 203 g/mol. The topological polar surface area (TPSA) is 41.6 Å². The summed E-state index contributed by atoms with van der Waals surface area (Å²) >= 11 is 0. The van der Waals surface area contributed by atoms with Crippen LogP contribution < -0.4 is 0 Å². The third-order valence-electron chi connectivity index (χ3n) is 1.71. The molecule has 0 saturated heterocycles. The highest BCUT2D eigenvalue weighted by Crippen LogP contribution is 2.28. The van der Waals surface area contributed by atoms with Gasteiger partial charge in [0, 0.05) is 6.54 Å². The van der Waals surface area contributed by atoms with E-state index in [1.54, 1.807) is 13.0 Å². The molecule has 0 aromatic carbocycles. The fourth-order valence-electron chi connectivity index (χ4n) is 1.09. The smallest absolute Gasteiger partial charge is 0.268 e. The van der Waals surface area contributed by atoms with Gasteiger partial charge in [-0.2, -0.15) is 23.5 Å². The summed E-state index contributed by atoms with van der Waals surface area (Å²) < 4.78 is 37.8. The number of nitriles is 1. The molecule has 0 bridgehead atoms. The van der Waals surface area contributed by atoms with Crippen LogP contribution in [0, 0.1) is 11.3 Å². The van der Waals surface area contributed by atoms with Gasteiger partial charge >= 0.3 is 6.18 Å². The van der Waals surface area contributed by atoms with Crippen LogP contribution in [-0.2, 0) is 19.1 Å². The zero-order chi connectivity index (χ0) is 10.8. The standard InChI is InChI=1S/C8H8F3N3/c1-2-14-6(3-4-12)5-7(13-14)8(9,10)11/h5H,2-3H2,1H3. The van der Waals surface area contributed by atoms with Crippen molar-refractivity contribution in [1.29, 1.82) is 5.26 Å². The molecule has 1 aromatic rings. The van der Waals surface area contributed by atoms with Crippen LogP contribution in [0.3, 0.4) is 0 Å². The Labute approximate surface area is 78.8 Å². The van der Waals surface area contributed by atoms with Gasteiger partial charge in [0.1, 0.15) is 0 Å². The van der Waals surface area contributed by atoms with E-state index in [2.05, 4.69) is 5.10 Å². The molecule has 0 radical (unpaired) electrons. The number of alkyl halides is 3. The number of rotatable bonds is 2. The Kier molecular flexibility index (Phi) is 2.79. The van der Waals surface area contributed by atoms with Crippen molar-refractivity contribution in [1.82, 2.24) is 9.78 Å². The Balaban J connectivity index is 3.08. The van der Waals surface area contributed by atoms with Crippen LogP contribution in [-0.4, -0.2) is 9.78 Å². The zero-order valence-corrected chi connectivity index (χ0v) is 7.47. The highest BCUT2D eigenvalue weighted by molar-refractivity contribution is 5.16. The van der Waals surface area contributed by atoms with Crippen LogP contribution in [0.25, 0.3) is 0 Å². The van der Waals surface area contributed by atoms with Gasteiger partial charge in [0.2, 0.25) is 0 Å². The summed E-state index contributed by atoms with van der Waals surface area (Å²) in [6, 6.07) is 2.70. The first kappa shape index (κ1) is 10.6. The second kappa shape index (κ2) is 3.70. The lowest BCUT2D eigenvalue weighted by Gasteiger charge is -2.00. The lowest BCUT2D eigenvalue weighted by molar-refractivity contribution is -0.141. The molecule has 1 rings (SSSR count). The molecule has 14 heavy (non-hydrogen) atoms. The molecular formula is C8H8F3N3. The minimum atomic E-state index is -4.44. The van der Waals surface area contributed by atoms with E-state index in [9.17, 15) is 13.2 Å². The third kappa shape index (κ3) is 2.05. The molecule has 1 aromatic heterocycles. The number of aryl methyl sites for hydroxylation is 1.